The summed E-state index contributed by atoms with van der Waals surface area (Å²) < 4.78 is 0. The highest BCUT2D eigenvalue weighted by Crippen LogP contribution is 2.28. The molecule has 0 bridgehead atoms. The van der Waals surface area contributed by atoms with E-state index in [4.69, 9.17) is 17.3 Å². The fourth-order valence-electron chi connectivity index (χ4n) is 1.38. The minimum atomic E-state index is 0.753. The van der Waals surface area contributed by atoms with Gasteiger partial charge in [0.15, 0.2) is 0 Å². The molecule has 0 aliphatic heterocycles. The molecule has 0 aromatic heterocycles. The van der Waals surface area contributed by atoms with Gasteiger partial charge in [-0.15, -0.1) is 18.3 Å². The van der Waals surface area contributed by atoms with Crippen LogP contribution >= 0.6 is 23.4 Å². The van der Waals surface area contributed by atoms with E-state index >= 15 is 0 Å². The highest BCUT2D eigenvalue weighted by Gasteiger charge is 2.00. The van der Waals surface area contributed by atoms with E-state index in [-0.39, 0.29) is 0 Å². The van der Waals surface area contributed by atoms with Crippen LogP contribution in [0.25, 0.3) is 0 Å². The monoisotopic (exact) mass is 255 g/mol. The van der Waals surface area contributed by atoms with Crippen LogP contribution < -0.4 is 5.73 Å². The zero-order valence-corrected chi connectivity index (χ0v) is 11.0. The van der Waals surface area contributed by atoms with Gasteiger partial charge in [-0.25, -0.2) is 0 Å². The van der Waals surface area contributed by atoms with E-state index in [1.807, 2.05) is 24.3 Å². The van der Waals surface area contributed by atoms with Crippen molar-refractivity contribution in [1.29, 1.82) is 0 Å². The number of hydrogen-bond acceptors (Lipinski definition) is 2. The molecule has 2 N–H and O–H groups in total. The predicted molar refractivity (Wildman–Crippen MR) is 75.3 cm³/mol. The Morgan fingerprint density at radius 2 is 2.12 bits per heavy atom. The minimum Gasteiger partial charge on any atom is -0.398 e. The topological polar surface area (TPSA) is 26.0 Å². The molecule has 3 heteroatoms. The number of halogens is 1. The average Bonchev–Trinajstić information content (AvgIpc) is 2.28. The third-order valence-electron chi connectivity index (χ3n) is 2.29. The maximum atomic E-state index is 5.92. The number of nitrogens with two attached hydrogens (primary N) is 1. The second kappa shape index (κ2) is 7.64. The molecule has 0 spiro atoms. The Balaban J connectivity index is 2.26. The number of hydrogen-bond donors (Lipinski definition) is 1. The summed E-state index contributed by atoms with van der Waals surface area (Å²) in [5, 5.41) is 0.753. The second-order valence-electron chi connectivity index (χ2n) is 3.67. The molecule has 16 heavy (non-hydrogen) atoms. The van der Waals surface area contributed by atoms with Crippen LogP contribution in [0.5, 0.6) is 0 Å². The molecule has 0 amide bonds. The molecular formula is C13H18ClNS. The number of unbranched alkanes of at least 4 members (excludes halogenated alkanes) is 3. The number of thioether (sulfide) groups is 1. The lowest BCUT2D eigenvalue weighted by Crippen LogP contribution is -1.89. The van der Waals surface area contributed by atoms with Gasteiger partial charge in [0.05, 0.1) is 0 Å². The van der Waals surface area contributed by atoms with Crippen molar-refractivity contribution in [2.45, 2.75) is 30.6 Å². The highest BCUT2D eigenvalue weighted by atomic mass is 35.5. The Labute approximate surface area is 107 Å². The van der Waals surface area contributed by atoms with Crippen LogP contribution in [-0.4, -0.2) is 5.75 Å². The van der Waals surface area contributed by atoms with Crippen LogP contribution in [-0.2, 0) is 0 Å². The molecule has 0 atom stereocenters. The van der Waals surface area contributed by atoms with Crippen LogP contribution in [0.3, 0.4) is 0 Å². The van der Waals surface area contributed by atoms with Gasteiger partial charge in [-0.2, -0.15) is 0 Å². The Hall–Kier alpha value is -0.600. The summed E-state index contributed by atoms with van der Waals surface area (Å²) in [7, 11) is 0. The summed E-state index contributed by atoms with van der Waals surface area (Å²) in [6.07, 6.45) is 6.78. The van der Waals surface area contributed by atoms with E-state index in [0.717, 1.165) is 27.8 Å². The van der Waals surface area contributed by atoms with Crippen molar-refractivity contribution in [3.63, 3.8) is 0 Å². The average molecular weight is 256 g/mol. The summed E-state index contributed by atoms with van der Waals surface area (Å²) >= 11 is 7.70. The Morgan fingerprint density at radius 3 is 2.88 bits per heavy atom. The third kappa shape index (κ3) is 4.95. The van der Waals surface area contributed by atoms with Crippen LogP contribution in [0.15, 0.2) is 35.7 Å². The van der Waals surface area contributed by atoms with Crippen molar-refractivity contribution < 1.29 is 0 Å². The first-order valence-corrected chi connectivity index (χ1v) is 6.89. The standard InChI is InChI=1S/C13H18ClNS/c1-2-3-4-5-6-9-16-13-10-11(14)7-8-12(13)15/h2,7-8,10H,1,3-6,9,15H2. The fraction of sp³-hybridized carbons (Fsp3) is 0.385. The maximum absolute atomic E-state index is 5.92. The Kier molecular flexibility index (Phi) is 6.43. The number of nitrogen functional groups attached to an aromatic ring is 1. The first-order valence-electron chi connectivity index (χ1n) is 5.52. The van der Waals surface area contributed by atoms with Crippen molar-refractivity contribution in [2.24, 2.45) is 0 Å². The number of allylic oxidation sites excluding steroid dienone is 1. The summed E-state index contributed by atoms with van der Waals surface area (Å²) in [6, 6.07) is 5.62. The lowest BCUT2D eigenvalue weighted by Gasteiger charge is -2.05. The molecule has 1 nitrogen and oxygen atoms in total. The summed E-state index contributed by atoms with van der Waals surface area (Å²) in [5.41, 5.74) is 6.68. The molecule has 0 aliphatic rings. The first kappa shape index (κ1) is 13.5. The lowest BCUT2D eigenvalue weighted by atomic mass is 10.2. The van der Waals surface area contributed by atoms with Crippen molar-refractivity contribution in [3.8, 4) is 0 Å². The molecule has 0 unspecified atom stereocenters. The van der Waals surface area contributed by atoms with Gasteiger partial charge in [0.2, 0.25) is 0 Å². The van der Waals surface area contributed by atoms with E-state index in [1.54, 1.807) is 11.8 Å². The summed E-state index contributed by atoms with van der Waals surface area (Å²) in [6.45, 7) is 3.71. The van der Waals surface area contributed by atoms with Gasteiger partial charge in [-0.1, -0.05) is 24.1 Å². The van der Waals surface area contributed by atoms with Crippen LogP contribution in [0.1, 0.15) is 25.7 Å². The van der Waals surface area contributed by atoms with Crippen molar-refractivity contribution in [3.05, 3.63) is 35.9 Å². The van der Waals surface area contributed by atoms with E-state index in [1.165, 1.54) is 19.3 Å². The molecule has 0 aliphatic carbocycles. The molecule has 0 radical (unpaired) electrons. The zero-order valence-electron chi connectivity index (χ0n) is 9.42. The maximum Gasteiger partial charge on any atom is 0.0453 e. The molecule has 1 rings (SSSR count). The van der Waals surface area contributed by atoms with Crippen molar-refractivity contribution >= 4 is 29.1 Å². The molecule has 0 fully saturated rings. The normalized spacial score (nSPS) is 10.3. The van der Waals surface area contributed by atoms with Crippen LogP contribution in [0.2, 0.25) is 5.02 Å². The summed E-state index contributed by atoms with van der Waals surface area (Å²) in [4.78, 5) is 1.09. The molecule has 88 valence electrons. The molecule has 1 aromatic rings. The highest BCUT2D eigenvalue weighted by molar-refractivity contribution is 7.99. The fourth-order valence-corrected chi connectivity index (χ4v) is 2.63. The van der Waals surface area contributed by atoms with E-state index in [0.29, 0.717) is 0 Å². The van der Waals surface area contributed by atoms with Gasteiger partial charge in [-0.05, 0) is 43.2 Å². The van der Waals surface area contributed by atoms with Crippen molar-refractivity contribution in [1.82, 2.24) is 0 Å². The van der Waals surface area contributed by atoms with Gasteiger partial charge < -0.3 is 5.73 Å². The van der Waals surface area contributed by atoms with Crippen LogP contribution in [0.4, 0.5) is 5.69 Å². The van der Waals surface area contributed by atoms with Crippen LogP contribution in [0, 0.1) is 0 Å². The lowest BCUT2D eigenvalue weighted by molar-refractivity contribution is 0.735. The molecule has 0 heterocycles. The van der Waals surface area contributed by atoms with Crippen molar-refractivity contribution in [2.75, 3.05) is 11.5 Å². The van der Waals surface area contributed by atoms with Gasteiger partial charge in [0.25, 0.3) is 0 Å². The van der Waals surface area contributed by atoms with E-state index < -0.39 is 0 Å². The Bertz CT molecular complexity index is 339. The van der Waals surface area contributed by atoms with E-state index in [9.17, 15) is 0 Å². The van der Waals surface area contributed by atoms with Gasteiger partial charge >= 0.3 is 0 Å². The predicted octanol–water partition coefficient (Wildman–Crippen LogP) is 4.76. The quantitative estimate of drug-likeness (QED) is 0.329. The zero-order chi connectivity index (χ0) is 11.8. The molecule has 1 aromatic carbocycles. The summed E-state index contributed by atoms with van der Waals surface area (Å²) in [5.74, 6) is 1.10. The van der Waals surface area contributed by atoms with Gasteiger partial charge in [-0.3, -0.25) is 0 Å². The molecule has 0 saturated carbocycles. The second-order valence-corrected chi connectivity index (χ2v) is 5.24. The third-order valence-corrected chi connectivity index (χ3v) is 3.68. The van der Waals surface area contributed by atoms with E-state index in [2.05, 4.69) is 6.58 Å². The largest absolute Gasteiger partial charge is 0.398 e. The number of anilines is 1. The Morgan fingerprint density at radius 1 is 1.31 bits per heavy atom. The smallest absolute Gasteiger partial charge is 0.0453 e. The van der Waals surface area contributed by atoms with Gasteiger partial charge in [0.1, 0.15) is 0 Å². The minimum absolute atomic E-state index is 0.753. The number of rotatable bonds is 7. The first-order chi connectivity index (χ1) is 7.74. The SMILES string of the molecule is C=CCCCCCSc1cc(Cl)ccc1N. The molecule has 0 saturated heterocycles. The van der Waals surface area contributed by atoms with Gasteiger partial charge in [0, 0.05) is 15.6 Å². The molecular weight excluding hydrogens is 238 g/mol. The number of benzene rings is 1.